The Hall–Kier alpha value is -6.92. The molecule has 2 aliphatic rings. The van der Waals surface area contributed by atoms with Crippen LogP contribution in [0.4, 0.5) is 0 Å². The van der Waals surface area contributed by atoms with Crippen molar-refractivity contribution in [3.63, 3.8) is 0 Å². The molecule has 0 radical (unpaired) electrons. The molecule has 0 spiro atoms. The molecule has 2 aromatic heterocycles. The summed E-state index contributed by atoms with van der Waals surface area (Å²) in [5.41, 5.74) is 7.12. The molecule has 8 aromatic rings. The van der Waals surface area contributed by atoms with Crippen LogP contribution < -0.4 is 9.47 Å². The van der Waals surface area contributed by atoms with Gasteiger partial charge in [-0.1, -0.05) is 121 Å². The summed E-state index contributed by atoms with van der Waals surface area (Å²) in [6.45, 7) is 0. The molecule has 0 amide bonds. The lowest BCUT2D eigenvalue weighted by Gasteiger charge is -2.41. The minimum absolute atomic E-state index is 0.0000785. The topological polar surface area (TPSA) is 78.4 Å². The molecule has 2 atom stereocenters. The Morgan fingerprint density at radius 1 is 0.436 bits per heavy atom. The van der Waals surface area contributed by atoms with Crippen LogP contribution in [0.15, 0.2) is 170 Å². The van der Waals surface area contributed by atoms with Gasteiger partial charge in [0.15, 0.2) is 0 Å². The van der Waals surface area contributed by atoms with Crippen LogP contribution in [0.3, 0.4) is 0 Å². The summed E-state index contributed by atoms with van der Waals surface area (Å²) in [5, 5.41) is 1.93. The van der Waals surface area contributed by atoms with Gasteiger partial charge in [-0.3, -0.25) is 9.59 Å². The van der Waals surface area contributed by atoms with Crippen molar-refractivity contribution < 1.29 is 19.1 Å². The Labute approximate surface area is 318 Å². The van der Waals surface area contributed by atoms with Crippen LogP contribution in [-0.4, -0.2) is 21.9 Å². The minimum Gasteiger partial charge on any atom is -0.426 e. The highest BCUT2D eigenvalue weighted by atomic mass is 16.5. The maximum atomic E-state index is 14.5. The summed E-state index contributed by atoms with van der Waals surface area (Å²) in [6, 6.07) is 55.3. The lowest BCUT2D eigenvalue weighted by molar-refractivity contribution is -0.135. The van der Waals surface area contributed by atoms with Gasteiger partial charge in [0.2, 0.25) is 0 Å². The number of hydrogen-bond acceptors (Lipinski definition) is 6. The first-order valence-corrected chi connectivity index (χ1v) is 18.5. The highest BCUT2D eigenvalue weighted by Crippen LogP contribution is 2.62. The third-order valence-electron chi connectivity index (χ3n) is 11.3. The maximum absolute atomic E-state index is 14.5. The Balaban J connectivity index is 1.24. The summed E-state index contributed by atoms with van der Waals surface area (Å²) in [5.74, 6) is 0.178. The van der Waals surface area contributed by atoms with Crippen molar-refractivity contribution >= 4 is 33.7 Å². The molecule has 0 N–H and O–H groups in total. The van der Waals surface area contributed by atoms with Gasteiger partial charge in [-0.15, -0.1) is 0 Å². The van der Waals surface area contributed by atoms with Crippen molar-refractivity contribution in [1.29, 1.82) is 0 Å². The van der Waals surface area contributed by atoms with Crippen LogP contribution in [0.1, 0.15) is 41.5 Å². The van der Waals surface area contributed by atoms with Crippen LogP contribution in [0.5, 0.6) is 11.5 Å². The molecule has 2 unspecified atom stereocenters. The SMILES string of the molecule is O=C(CC1(CC2(CC(=O)Oc3ccccc3)c3ccccc3-c3nc4ccccc4cc32)c2ccccc2-c2nc3ccccc3cc21)Oc1ccccc1. The summed E-state index contributed by atoms with van der Waals surface area (Å²) in [4.78, 5) is 39.6. The largest absolute Gasteiger partial charge is 0.426 e. The number of aromatic nitrogens is 2. The highest BCUT2D eigenvalue weighted by Gasteiger charge is 2.56. The smallest absolute Gasteiger partial charge is 0.312 e. The predicted molar refractivity (Wildman–Crippen MR) is 214 cm³/mol. The van der Waals surface area contributed by atoms with Crippen LogP contribution in [-0.2, 0) is 20.4 Å². The van der Waals surface area contributed by atoms with Gasteiger partial charge in [0, 0.05) is 32.7 Å². The molecule has 0 fully saturated rings. The number of carbonyl (C=O) groups is 2. The third kappa shape index (κ3) is 5.40. The van der Waals surface area contributed by atoms with E-state index in [0.29, 0.717) is 17.9 Å². The quantitative estimate of drug-likeness (QED) is 0.115. The summed E-state index contributed by atoms with van der Waals surface area (Å²) >= 11 is 0. The van der Waals surface area contributed by atoms with Gasteiger partial charge in [-0.2, -0.15) is 0 Å². The number of benzene rings is 6. The van der Waals surface area contributed by atoms with Crippen molar-refractivity contribution in [2.75, 3.05) is 0 Å². The number of carbonyl (C=O) groups excluding carboxylic acids is 2. The molecular weight excluding hydrogens is 681 g/mol. The van der Waals surface area contributed by atoms with Gasteiger partial charge in [0.1, 0.15) is 11.5 Å². The average molecular weight is 715 g/mol. The fourth-order valence-corrected chi connectivity index (χ4v) is 9.08. The van der Waals surface area contributed by atoms with Crippen molar-refractivity contribution in [2.45, 2.75) is 30.1 Å². The first-order chi connectivity index (χ1) is 27.0. The van der Waals surface area contributed by atoms with Gasteiger partial charge in [0.25, 0.3) is 0 Å². The number of ether oxygens (including phenoxy) is 2. The molecule has 2 heterocycles. The zero-order valence-electron chi connectivity index (χ0n) is 29.8. The molecule has 264 valence electrons. The fourth-order valence-electron chi connectivity index (χ4n) is 9.08. The van der Waals surface area contributed by atoms with Gasteiger partial charge < -0.3 is 9.47 Å². The van der Waals surface area contributed by atoms with Gasteiger partial charge >= 0.3 is 11.9 Å². The first-order valence-electron chi connectivity index (χ1n) is 18.5. The van der Waals surface area contributed by atoms with Crippen LogP contribution >= 0.6 is 0 Å². The summed E-state index contributed by atoms with van der Waals surface area (Å²) in [7, 11) is 0. The van der Waals surface area contributed by atoms with Crippen LogP contribution in [0, 0.1) is 0 Å². The highest BCUT2D eigenvalue weighted by molar-refractivity contribution is 5.93. The Kier molecular flexibility index (Phi) is 7.66. The molecule has 2 aliphatic carbocycles. The molecule has 0 aliphatic heterocycles. The van der Waals surface area contributed by atoms with E-state index in [1.807, 2.05) is 97.1 Å². The normalized spacial score (nSPS) is 17.6. The lowest BCUT2D eigenvalue weighted by Crippen LogP contribution is -2.41. The molecule has 55 heavy (non-hydrogen) atoms. The molecule has 6 aromatic carbocycles. The van der Waals surface area contributed by atoms with Crippen LogP contribution in [0.25, 0.3) is 44.3 Å². The zero-order valence-corrected chi connectivity index (χ0v) is 29.8. The van der Waals surface area contributed by atoms with E-state index in [-0.39, 0.29) is 24.8 Å². The number of esters is 2. The number of fused-ring (bicyclic) bond motifs is 8. The van der Waals surface area contributed by atoms with E-state index in [9.17, 15) is 9.59 Å². The van der Waals surface area contributed by atoms with E-state index < -0.39 is 10.8 Å². The molecule has 6 heteroatoms. The molecule has 10 rings (SSSR count). The van der Waals surface area contributed by atoms with Gasteiger partial charge in [0.05, 0.1) is 35.3 Å². The molecule has 0 bridgehead atoms. The maximum Gasteiger partial charge on any atom is 0.312 e. The van der Waals surface area contributed by atoms with Crippen LogP contribution in [0.2, 0.25) is 0 Å². The number of pyridine rings is 2. The summed E-state index contributed by atoms with van der Waals surface area (Å²) in [6.07, 6.45) is 0.335. The zero-order chi connectivity index (χ0) is 37.0. The third-order valence-corrected chi connectivity index (χ3v) is 11.3. The molecule has 0 saturated heterocycles. The number of nitrogens with zero attached hydrogens (tertiary/aromatic N) is 2. The molecule has 0 saturated carbocycles. The summed E-state index contributed by atoms with van der Waals surface area (Å²) < 4.78 is 12.2. The molecular formula is C49H34N2O4. The standard InChI is InChI=1S/C49H34N2O4/c52-44(54-34-17-3-1-4-18-34)29-48(38-23-11-9-21-36(38)46-40(48)27-32-15-7-13-25-42(32)50-46)31-49(30-45(53)55-35-19-5-2-6-20-35)39-24-12-10-22-37(39)47-41(49)28-33-16-8-14-26-43(33)51-47/h1-28H,29-31H2. The molecule has 6 nitrogen and oxygen atoms in total. The second-order valence-corrected chi connectivity index (χ2v) is 14.5. The lowest BCUT2D eigenvalue weighted by atomic mass is 9.60. The second-order valence-electron chi connectivity index (χ2n) is 14.5. The fraction of sp³-hybridized carbons (Fsp3) is 0.102. The monoisotopic (exact) mass is 714 g/mol. The Morgan fingerprint density at radius 2 is 0.818 bits per heavy atom. The van der Waals surface area contributed by atoms with E-state index in [1.165, 1.54) is 0 Å². The van der Waals surface area contributed by atoms with E-state index in [1.54, 1.807) is 24.3 Å². The minimum atomic E-state index is -0.984. The number of para-hydroxylation sites is 4. The van der Waals surface area contributed by atoms with Gasteiger partial charge in [-0.05, 0) is 77.2 Å². The van der Waals surface area contributed by atoms with E-state index in [0.717, 1.165) is 66.6 Å². The van der Waals surface area contributed by atoms with E-state index >= 15 is 0 Å². The second kappa shape index (κ2) is 12.9. The van der Waals surface area contributed by atoms with Crippen molar-refractivity contribution in [3.8, 4) is 34.0 Å². The number of hydrogen-bond donors (Lipinski definition) is 0. The van der Waals surface area contributed by atoms with Crippen molar-refractivity contribution in [1.82, 2.24) is 9.97 Å². The number of rotatable bonds is 8. The van der Waals surface area contributed by atoms with Gasteiger partial charge in [-0.25, -0.2) is 9.97 Å². The van der Waals surface area contributed by atoms with E-state index in [2.05, 4.69) is 48.5 Å². The Bertz CT molecular complexity index is 2610. The van der Waals surface area contributed by atoms with E-state index in [4.69, 9.17) is 19.4 Å². The Morgan fingerprint density at radius 3 is 1.27 bits per heavy atom. The predicted octanol–water partition coefficient (Wildman–Crippen LogP) is 10.4. The van der Waals surface area contributed by atoms with Crippen molar-refractivity contribution in [2.24, 2.45) is 0 Å². The van der Waals surface area contributed by atoms with Crippen molar-refractivity contribution in [3.05, 3.63) is 192 Å². The average Bonchev–Trinajstić information content (AvgIpc) is 3.62. The first kappa shape index (κ1) is 32.7.